The highest BCUT2D eigenvalue weighted by Gasteiger charge is 2.17. The van der Waals surface area contributed by atoms with Crippen molar-refractivity contribution in [1.29, 1.82) is 0 Å². The van der Waals surface area contributed by atoms with Crippen LogP contribution < -0.4 is 4.74 Å². The lowest BCUT2D eigenvalue weighted by Crippen LogP contribution is -2.01. The largest absolute Gasteiger partial charge is 0.494 e. The van der Waals surface area contributed by atoms with Gasteiger partial charge in [-0.15, -0.1) is 0 Å². The van der Waals surface area contributed by atoms with Gasteiger partial charge in [-0.05, 0) is 28.1 Å². The van der Waals surface area contributed by atoms with Gasteiger partial charge < -0.3 is 4.74 Å². The molecule has 4 aromatic rings. The standard InChI is InChI=1S/C16H11BrF2N6O/c1-26-12-5-14-20-7-11(10-3-2-4-13(17)22-10)25(14)23-15(12)9-6-21-24(8-9)16(18)19/h2-8,16H,1H3. The predicted molar refractivity (Wildman–Crippen MR) is 92.9 cm³/mol. The van der Waals surface area contributed by atoms with Crippen LogP contribution in [0.5, 0.6) is 5.75 Å². The van der Waals surface area contributed by atoms with Crippen LogP contribution >= 0.6 is 15.9 Å². The first-order valence-electron chi connectivity index (χ1n) is 7.45. The minimum atomic E-state index is -2.73. The average Bonchev–Trinajstić information content (AvgIpc) is 3.27. The highest BCUT2D eigenvalue weighted by atomic mass is 79.9. The quantitative estimate of drug-likeness (QED) is 0.469. The summed E-state index contributed by atoms with van der Waals surface area (Å²) in [7, 11) is 1.48. The van der Waals surface area contributed by atoms with Crippen LogP contribution in [0.4, 0.5) is 8.78 Å². The van der Waals surface area contributed by atoms with Gasteiger partial charge in [0.1, 0.15) is 16.0 Å². The number of aromatic nitrogens is 6. The number of nitrogens with zero attached hydrogens (tertiary/aromatic N) is 6. The molecule has 4 heterocycles. The van der Waals surface area contributed by atoms with E-state index in [4.69, 9.17) is 4.74 Å². The minimum Gasteiger partial charge on any atom is -0.494 e. The Morgan fingerprint density at radius 3 is 2.77 bits per heavy atom. The van der Waals surface area contributed by atoms with Gasteiger partial charge in [0, 0.05) is 17.8 Å². The summed E-state index contributed by atoms with van der Waals surface area (Å²) in [4.78, 5) is 8.73. The minimum absolute atomic E-state index is 0.376. The molecule has 0 aromatic carbocycles. The molecule has 0 atom stereocenters. The number of rotatable bonds is 4. The summed E-state index contributed by atoms with van der Waals surface area (Å²) >= 11 is 3.34. The topological polar surface area (TPSA) is 70.1 Å². The SMILES string of the molecule is COc1cc2ncc(-c3cccc(Br)n3)n2nc1-c1cnn(C(F)F)c1. The molecule has 26 heavy (non-hydrogen) atoms. The van der Waals surface area contributed by atoms with Crippen LogP contribution in [-0.2, 0) is 0 Å². The fourth-order valence-corrected chi connectivity index (χ4v) is 2.89. The van der Waals surface area contributed by atoms with Crippen molar-refractivity contribution in [3.8, 4) is 28.4 Å². The van der Waals surface area contributed by atoms with E-state index in [0.29, 0.717) is 43.3 Å². The van der Waals surface area contributed by atoms with Gasteiger partial charge in [0.2, 0.25) is 0 Å². The fraction of sp³-hybridized carbons (Fsp3) is 0.125. The first-order valence-corrected chi connectivity index (χ1v) is 8.24. The number of alkyl halides is 2. The van der Waals surface area contributed by atoms with Crippen LogP contribution in [0.15, 0.2) is 47.5 Å². The van der Waals surface area contributed by atoms with Crippen molar-refractivity contribution < 1.29 is 13.5 Å². The van der Waals surface area contributed by atoms with Crippen molar-refractivity contribution in [3.05, 3.63) is 47.5 Å². The van der Waals surface area contributed by atoms with E-state index >= 15 is 0 Å². The van der Waals surface area contributed by atoms with Crippen LogP contribution in [0.1, 0.15) is 6.55 Å². The number of ether oxygens (including phenoxy) is 1. The molecule has 0 aliphatic rings. The van der Waals surface area contributed by atoms with Gasteiger partial charge in [0.15, 0.2) is 11.4 Å². The molecule has 4 rings (SSSR count). The highest BCUT2D eigenvalue weighted by Crippen LogP contribution is 2.31. The zero-order valence-electron chi connectivity index (χ0n) is 13.3. The molecule has 0 bridgehead atoms. The summed E-state index contributed by atoms with van der Waals surface area (Å²) in [6.45, 7) is -2.73. The second kappa shape index (κ2) is 6.45. The third-order valence-electron chi connectivity index (χ3n) is 3.73. The van der Waals surface area contributed by atoms with Crippen LogP contribution in [0.2, 0.25) is 0 Å². The van der Waals surface area contributed by atoms with Crippen LogP contribution in [0.3, 0.4) is 0 Å². The molecule has 0 aliphatic carbocycles. The molecule has 0 unspecified atom stereocenters. The molecule has 0 saturated carbocycles. The first kappa shape index (κ1) is 16.6. The maximum absolute atomic E-state index is 12.8. The summed E-state index contributed by atoms with van der Waals surface area (Å²) in [6, 6.07) is 7.18. The Hall–Kier alpha value is -2.88. The number of halogens is 3. The molecule has 0 radical (unpaired) electrons. The lowest BCUT2D eigenvalue weighted by Gasteiger charge is -2.08. The van der Waals surface area contributed by atoms with Crippen molar-refractivity contribution >= 4 is 21.6 Å². The molecular weight excluding hydrogens is 410 g/mol. The van der Waals surface area contributed by atoms with Gasteiger partial charge in [0.25, 0.3) is 0 Å². The van der Waals surface area contributed by atoms with E-state index < -0.39 is 6.55 Å². The molecule has 0 amide bonds. The highest BCUT2D eigenvalue weighted by molar-refractivity contribution is 9.10. The monoisotopic (exact) mass is 420 g/mol. The Labute approximate surface area is 154 Å². The van der Waals surface area contributed by atoms with Crippen molar-refractivity contribution in [2.24, 2.45) is 0 Å². The molecule has 10 heteroatoms. The van der Waals surface area contributed by atoms with E-state index in [1.165, 1.54) is 19.5 Å². The van der Waals surface area contributed by atoms with Crippen LogP contribution in [-0.4, -0.2) is 36.5 Å². The Bertz CT molecular complexity index is 1090. The Morgan fingerprint density at radius 2 is 2.08 bits per heavy atom. The number of imidazole rings is 1. The fourth-order valence-electron chi connectivity index (χ4n) is 2.55. The molecular formula is C16H11BrF2N6O. The Balaban J connectivity index is 1.91. The molecule has 0 fully saturated rings. The third-order valence-corrected chi connectivity index (χ3v) is 4.17. The average molecular weight is 421 g/mol. The van der Waals surface area contributed by atoms with Crippen molar-refractivity contribution in [2.75, 3.05) is 7.11 Å². The molecule has 0 N–H and O–H groups in total. The maximum Gasteiger partial charge on any atom is 0.333 e. The molecule has 132 valence electrons. The normalized spacial score (nSPS) is 11.4. The van der Waals surface area contributed by atoms with Gasteiger partial charge in [-0.2, -0.15) is 19.0 Å². The van der Waals surface area contributed by atoms with Crippen molar-refractivity contribution in [2.45, 2.75) is 6.55 Å². The summed E-state index contributed by atoms with van der Waals surface area (Å²) in [5.41, 5.74) is 2.65. The van der Waals surface area contributed by atoms with E-state index in [9.17, 15) is 8.78 Å². The van der Waals surface area contributed by atoms with E-state index in [2.05, 4.69) is 36.1 Å². The number of hydrogen-bond donors (Lipinski definition) is 0. The maximum atomic E-state index is 12.8. The van der Waals surface area contributed by atoms with Gasteiger partial charge in [0.05, 0.1) is 25.2 Å². The smallest absolute Gasteiger partial charge is 0.333 e. The molecule has 0 saturated heterocycles. The summed E-state index contributed by atoms with van der Waals surface area (Å²) in [5.74, 6) is 0.408. The number of methoxy groups -OCH3 is 1. The van der Waals surface area contributed by atoms with Gasteiger partial charge >= 0.3 is 6.55 Å². The lowest BCUT2D eigenvalue weighted by atomic mass is 10.2. The molecule has 4 aromatic heterocycles. The van der Waals surface area contributed by atoms with E-state index in [-0.39, 0.29) is 0 Å². The summed E-state index contributed by atoms with van der Waals surface area (Å²) < 4.78 is 33.8. The third kappa shape index (κ3) is 2.81. The second-order valence-electron chi connectivity index (χ2n) is 5.31. The predicted octanol–water partition coefficient (Wildman–Crippen LogP) is 3.82. The van der Waals surface area contributed by atoms with E-state index in [1.807, 2.05) is 18.2 Å². The Kier molecular flexibility index (Phi) is 4.11. The number of pyridine rings is 1. The first-order chi connectivity index (χ1) is 12.6. The van der Waals surface area contributed by atoms with Crippen molar-refractivity contribution in [3.63, 3.8) is 0 Å². The van der Waals surface area contributed by atoms with Crippen molar-refractivity contribution in [1.82, 2.24) is 29.4 Å². The summed E-state index contributed by atoms with van der Waals surface area (Å²) in [6.07, 6.45) is 4.18. The zero-order valence-corrected chi connectivity index (χ0v) is 14.9. The molecule has 0 aliphatic heterocycles. The van der Waals surface area contributed by atoms with Crippen LogP contribution in [0, 0.1) is 0 Å². The second-order valence-corrected chi connectivity index (χ2v) is 6.12. The van der Waals surface area contributed by atoms with E-state index in [1.54, 1.807) is 16.8 Å². The van der Waals surface area contributed by atoms with Gasteiger partial charge in [-0.3, -0.25) is 0 Å². The Morgan fingerprint density at radius 1 is 1.23 bits per heavy atom. The van der Waals surface area contributed by atoms with E-state index in [0.717, 1.165) is 0 Å². The van der Waals surface area contributed by atoms with Gasteiger partial charge in [-0.1, -0.05) is 6.07 Å². The molecule has 0 spiro atoms. The number of fused-ring (bicyclic) bond motifs is 1. The lowest BCUT2D eigenvalue weighted by molar-refractivity contribution is 0.0566. The molecule has 7 nitrogen and oxygen atoms in total. The van der Waals surface area contributed by atoms with Gasteiger partial charge in [-0.25, -0.2) is 19.2 Å². The number of hydrogen-bond acceptors (Lipinski definition) is 5. The zero-order chi connectivity index (χ0) is 18.3. The summed E-state index contributed by atoms with van der Waals surface area (Å²) in [5, 5.41) is 8.19. The van der Waals surface area contributed by atoms with Crippen LogP contribution in [0.25, 0.3) is 28.3 Å².